The largest absolute Gasteiger partial charge is 0.393 e. The normalized spacial score (nSPS) is 24.5. The number of pyridine rings is 1. The van der Waals surface area contributed by atoms with Crippen LogP contribution in [0.5, 0.6) is 0 Å². The molecule has 0 amide bonds. The summed E-state index contributed by atoms with van der Waals surface area (Å²) < 4.78 is 0. The summed E-state index contributed by atoms with van der Waals surface area (Å²) in [6.45, 7) is 5.54. The number of nitrogens with zero attached hydrogens (tertiary/aromatic N) is 4. The highest BCUT2D eigenvalue weighted by Gasteiger charge is 2.23. The van der Waals surface area contributed by atoms with Gasteiger partial charge in [-0.05, 0) is 83.5 Å². The molecule has 7 nitrogen and oxygen atoms in total. The molecule has 2 aromatic rings. The molecule has 4 rings (SSSR count). The molecular weight excluding hydrogens is 412 g/mol. The number of aromatic nitrogens is 3. The minimum atomic E-state index is -0.173. The third-order valence-corrected chi connectivity index (χ3v) is 7.17. The second-order valence-electron chi connectivity index (χ2n) is 9.97. The average Bonchev–Trinajstić information content (AvgIpc) is 3.21. The molecule has 2 atom stereocenters. The average molecular weight is 453 g/mol. The van der Waals surface area contributed by atoms with Gasteiger partial charge in [-0.25, -0.2) is 4.98 Å². The lowest BCUT2D eigenvalue weighted by Gasteiger charge is -2.27. The van der Waals surface area contributed by atoms with Gasteiger partial charge in [-0.3, -0.25) is 4.98 Å². The number of likely N-dealkylation sites (N-methyl/N-ethyl adjacent to an activating group) is 1. The van der Waals surface area contributed by atoms with Crippen LogP contribution in [0.3, 0.4) is 0 Å². The number of likely N-dealkylation sites (tertiary alicyclic amines) is 1. The molecule has 2 fully saturated rings. The van der Waals surface area contributed by atoms with Gasteiger partial charge >= 0.3 is 0 Å². The van der Waals surface area contributed by atoms with E-state index in [1.807, 2.05) is 12.4 Å². The van der Waals surface area contributed by atoms with Gasteiger partial charge in [0.15, 0.2) is 0 Å². The van der Waals surface area contributed by atoms with Crippen molar-refractivity contribution in [1.82, 2.24) is 19.9 Å². The maximum atomic E-state index is 9.89. The highest BCUT2D eigenvalue weighted by molar-refractivity contribution is 5.73. The van der Waals surface area contributed by atoms with Gasteiger partial charge in [-0.15, -0.1) is 0 Å². The van der Waals surface area contributed by atoms with Crippen molar-refractivity contribution in [1.29, 1.82) is 0 Å². The molecule has 0 bridgehead atoms. The number of rotatable bonds is 9. The second kappa shape index (κ2) is 11.3. The van der Waals surface area contributed by atoms with Crippen LogP contribution in [0.25, 0.3) is 11.3 Å². The van der Waals surface area contributed by atoms with Crippen LogP contribution in [-0.2, 0) is 6.42 Å². The van der Waals surface area contributed by atoms with E-state index in [0.717, 1.165) is 62.0 Å². The van der Waals surface area contributed by atoms with Gasteiger partial charge < -0.3 is 20.6 Å². The highest BCUT2D eigenvalue weighted by atomic mass is 16.3. The van der Waals surface area contributed by atoms with Crippen LogP contribution in [0.4, 0.5) is 11.8 Å². The first-order chi connectivity index (χ1) is 16.0. The molecule has 2 aliphatic rings. The van der Waals surface area contributed by atoms with Crippen LogP contribution in [0.2, 0.25) is 0 Å². The van der Waals surface area contributed by atoms with E-state index < -0.39 is 0 Å². The Labute approximate surface area is 198 Å². The van der Waals surface area contributed by atoms with E-state index in [1.165, 1.54) is 24.9 Å². The van der Waals surface area contributed by atoms with Crippen molar-refractivity contribution in [3.05, 3.63) is 30.1 Å². The van der Waals surface area contributed by atoms with Gasteiger partial charge in [0, 0.05) is 30.5 Å². The Morgan fingerprint density at radius 3 is 2.61 bits per heavy atom. The zero-order valence-corrected chi connectivity index (χ0v) is 20.4. The van der Waals surface area contributed by atoms with Crippen LogP contribution in [0.15, 0.2) is 24.5 Å². The minimum absolute atomic E-state index is 0.173. The first kappa shape index (κ1) is 23.9. The summed E-state index contributed by atoms with van der Waals surface area (Å²) in [5.41, 5.74) is 3.10. The molecule has 0 unspecified atom stereocenters. The van der Waals surface area contributed by atoms with Gasteiger partial charge in [-0.1, -0.05) is 19.4 Å². The zero-order valence-electron chi connectivity index (χ0n) is 20.4. The van der Waals surface area contributed by atoms with E-state index in [0.29, 0.717) is 24.1 Å². The molecule has 2 aromatic heterocycles. The summed E-state index contributed by atoms with van der Waals surface area (Å²) in [4.78, 5) is 16.7. The van der Waals surface area contributed by atoms with Crippen molar-refractivity contribution in [2.24, 2.45) is 0 Å². The van der Waals surface area contributed by atoms with Crippen molar-refractivity contribution < 1.29 is 5.11 Å². The fraction of sp³-hybridized carbons (Fsp3) is 0.654. The van der Waals surface area contributed by atoms with Crippen molar-refractivity contribution in [2.45, 2.75) is 95.9 Å². The Kier molecular flexibility index (Phi) is 8.15. The molecule has 1 saturated heterocycles. The number of hydrogen-bond donors (Lipinski definition) is 3. The standard InChI is InChI=1S/C26H40N6O/c1-4-6-18(2)29-26-28-17-23(25(31-26)30-20-9-11-22(33)12-10-20)24-13-8-19(16-27-24)15-21-7-5-14-32(21)3/h8,13,16-18,20-22,33H,4-7,9-12,14-15H2,1-3H3,(H2,28,29,30,31)/t18-,20-,21-,22-/m0/s1. The molecule has 33 heavy (non-hydrogen) atoms. The first-order valence-electron chi connectivity index (χ1n) is 12.8. The van der Waals surface area contributed by atoms with Crippen LogP contribution < -0.4 is 10.6 Å². The van der Waals surface area contributed by atoms with Crippen LogP contribution in [0.1, 0.15) is 70.8 Å². The summed E-state index contributed by atoms with van der Waals surface area (Å²) in [5.74, 6) is 1.48. The Bertz CT molecular complexity index is 881. The first-order valence-corrected chi connectivity index (χ1v) is 12.8. The summed E-state index contributed by atoms with van der Waals surface area (Å²) in [5, 5.41) is 17.0. The van der Waals surface area contributed by atoms with E-state index in [1.54, 1.807) is 0 Å². The number of aliphatic hydroxyl groups excluding tert-OH is 1. The van der Waals surface area contributed by atoms with Crippen LogP contribution in [-0.4, -0.2) is 62.8 Å². The Balaban J connectivity index is 1.53. The summed E-state index contributed by atoms with van der Waals surface area (Å²) in [7, 11) is 2.22. The maximum Gasteiger partial charge on any atom is 0.224 e. The molecule has 0 radical (unpaired) electrons. The molecular formula is C26H40N6O. The third-order valence-electron chi connectivity index (χ3n) is 7.17. The predicted octanol–water partition coefficient (Wildman–Crippen LogP) is 4.49. The summed E-state index contributed by atoms with van der Waals surface area (Å²) >= 11 is 0. The summed E-state index contributed by atoms with van der Waals surface area (Å²) in [6, 6.07) is 5.55. The highest BCUT2D eigenvalue weighted by Crippen LogP contribution is 2.29. The minimum Gasteiger partial charge on any atom is -0.393 e. The van der Waals surface area contributed by atoms with Crippen LogP contribution in [0, 0.1) is 0 Å². The molecule has 1 aliphatic carbocycles. The van der Waals surface area contributed by atoms with Gasteiger partial charge in [0.1, 0.15) is 5.82 Å². The second-order valence-corrected chi connectivity index (χ2v) is 9.97. The lowest BCUT2D eigenvalue weighted by Crippen LogP contribution is -2.29. The quantitative estimate of drug-likeness (QED) is 0.517. The molecule has 0 spiro atoms. The predicted molar refractivity (Wildman–Crippen MR) is 134 cm³/mol. The number of hydrogen-bond acceptors (Lipinski definition) is 7. The van der Waals surface area contributed by atoms with E-state index >= 15 is 0 Å². The van der Waals surface area contributed by atoms with E-state index in [2.05, 4.69) is 53.5 Å². The maximum absolute atomic E-state index is 9.89. The van der Waals surface area contributed by atoms with Crippen molar-refractivity contribution >= 4 is 11.8 Å². The smallest absolute Gasteiger partial charge is 0.224 e. The third kappa shape index (κ3) is 6.42. The van der Waals surface area contributed by atoms with Crippen molar-refractivity contribution in [3.8, 4) is 11.3 Å². The van der Waals surface area contributed by atoms with E-state index in [-0.39, 0.29) is 6.10 Å². The fourth-order valence-electron chi connectivity index (χ4n) is 5.10. The lowest BCUT2D eigenvalue weighted by atomic mass is 9.93. The fourth-order valence-corrected chi connectivity index (χ4v) is 5.10. The van der Waals surface area contributed by atoms with Crippen molar-refractivity contribution in [2.75, 3.05) is 24.2 Å². The van der Waals surface area contributed by atoms with Gasteiger partial charge in [0.25, 0.3) is 0 Å². The topological polar surface area (TPSA) is 86.2 Å². The Morgan fingerprint density at radius 2 is 1.94 bits per heavy atom. The Hall–Kier alpha value is -2.25. The molecule has 3 heterocycles. The van der Waals surface area contributed by atoms with E-state index in [9.17, 15) is 5.11 Å². The molecule has 1 aliphatic heterocycles. The molecule has 1 saturated carbocycles. The number of nitrogens with one attached hydrogen (secondary N) is 2. The Morgan fingerprint density at radius 1 is 1.12 bits per heavy atom. The zero-order chi connectivity index (χ0) is 23.2. The molecule has 180 valence electrons. The van der Waals surface area contributed by atoms with Crippen molar-refractivity contribution in [3.63, 3.8) is 0 Å². The summed E-state index contributed by atoms with van der Waals surface area (Å²) in [6.07, 6.45) is 13.1. The molecule has 3 N–H and O–H groups in total. The van der Waals surface area contributed by atoms with Gasteiger partial charge in [-0.2, -0.15) is 4.98 Å². The molecule has 0 aromatic carbocycles. The van der Waals surface area contributed by atoms with E-state index in [4.69, 9.17) is 9.97 Å². The number of anilines is 2. The lowest BCUT2D eigenvalue weighted by molar-refractivity contribution is 0.126. The van der Waals surface area contributed by atoms with Gasteiger partial charge in [0.2, 0.25) is 5.95 Å². The SMILES string of the molecule is CCC[C@H](C)Nc1ncc(-c2ccc(C[C@@H]3CCCN3C)cn2)c(N[C@H]2CC[C@H](O)CC2)n1. The van der Waals surface area contributed by atoms with Gasteiger partial charge in [0.05, 0.1) is 17.4 Å². The monoisotopic (exact) mass is 452 g/mol. The molecule has 7 heteroatoms. The van der Waals surface area contributed by atoms with Crippen LogP contribution >= 0.6 is 0 Å². The number of aliphatic hydroxyl groups is 1.